The number of esters is 1. The van der Waals surface area contributed by atoms with Crippen molar-refractivity contribution in [2.75, 3.05) is 19.7 Å². The van der Waals surface area contributed by atoms with E-state index in [0.717, 1.165) is 12.1 Å². The van der Waals surface area contributed by atoms with Gasteiger partial charge >= 0.3 is 5.97 Å². The van der Waals surface area contributed by atoms with Gasteiger partial charge in [-0.15, -0.1) is 0 Å². The Balaban J connectivity index is 2.32. The maximum atomic E-state index is 12.7. The second-order valence-electron chi connectivity index (χ2n) is 5.69. The van der Waals surface area contributed by atoms with Crippen LogP contribution in [-0.4, -0.2) is 46.3 Å². The maximum Gasteiger partial charge on any atom is 0.310 e. The molecule has 0 bridgehead atoms. The minimum Gasteiger partial charge on any atom is -0.466 e. The molecule has 11 heteroatoms. The molecule has 1 saturated heterocycles. The van der Waals surface area contributed by atoms with Gasteiger partial charge in [0.2, 0.25) is 0 Å². The molecule has 10 nitrogen and oxygen atoms in total. The summed E-state index contributed by atoms with van der Waals surface area (Å²) in [6.45, 7) is 2.31. The molecule has 1 atom stereocenters. The molecular formula is C15H16ClN3O7. The molecule has 26 heavy (non-hydrogen) atoms. The number of ether oxygens (including phenoxy) is 1. The van der Waals surface area contributed by atoms with Gasteiger partial charge in [0.1, 0.15) is 0 Å². The van der Waals surface area contributed by atoms with Crippen LogP contribution < -0.4 is 0 Å². The van der Waals surface area contributed by atoms with Gasteiger partial charge in [-0.05, 0) is 19.8 Å². The number of nitro groups is 2. The van der Waals surface area contributed by atoms with Crippen LogP contribution in [0.1, 0.15) is 30.1 Å². The number of carbonyl (C=O) groups excluding carboxylic acids is 2. The molecule has 0 aromatic heterocycles. The van der Waals surface area contributed by atoms with Crippen LogP contribution >= 0.6 is 11.6 Å². The highest BCUT2D eigenvalue weighted by molar-refractivity contribution is 6.35. The Kier molecular flexibility index (Phi) is 6.09. The van der Waals surface area contributed by atoms with Crippen molar-refractivity contribution in [2.24, 2.45) is 5.92 Å². The zero-order valence-electron chi connectivity index (χ0n) is 13.8. The summed E-state index contributed by atoms with van der Waals surface area (Å²) < 4.78 is 4.96. The largest absolute Gasteiger partial charge is 0.466 e. The van der Waals surface area contributed by atoms with Gasteiger partial charge in [-0.3, -0.25) is 29.8 Å². The first-order valence-corrected chi connectivity index (χ1v) is 8.22. The molecule has 1 amide bonds. The molecule has 140 valence electrons. The highest BCUT2D eigenvalue weighted by Crippen LogP contribution is 2.35. The topological polar surface area (TPSA) is 133 Å². The minimum atomic E-state index is -0.885. The van der Waals surface area contributed by atoms with E-state index in [9.17, 15) is 29.8 Å². The zero-order chi connectivity index (χ0) is 19.4. The first-order chi connectivity index (χ1) is 12.3. The number of piperidine rings is 1. The fourth-order valence-electron chi connectivity index (χ4n) is 2.78. The van der Waals surface area contributed by atoms with Gasteiger partial charge in [-0.25, -0.2) is 0 Å². The quantitative estimate of drug-likeness (QED) is 0.432. The number of amides is 1. The van der Waals surface area contributed by atoms with Crippen molar-refractivity contribution in [1.29, 1.82) is 0 Å². The molecule has 1 aromatic rings. The van der Waals surface area contributed by atoms with Crippen molar-refractivity contribution in [3.05, 3.63) is 42.9 Å². The van der Waals surface area contributed by atoms with Crippen LogP contribution in [0.2, 0.25) is 5.02 Å². The lowest BCUT2D eigenvalue weighted by atomic mass is 9.97. The van der Waals surface area contributed by atoms with Crippen molar-refractivity contribution in [2.45, 2.75) is 19.8 Å². The summed E-state index contributed by atoms with van der Waals surface area (Å²) in [5.74, 6) is -1.55. The monoisotopic (exact) mass is 385 g/mol. The van der Waals surface area contributed by atoms with E-state index in [-0.39, 0.29) is 18.7 Å². The number of likely N-dealkylation sites (tertiary alicyclic amines) is 1. The Hall–Kier alpha value is -2.75. The summed E-state index contributed by atoms with van der Waals surface area (Å²) in [6.07, 6.45) is 1.11. The van der Waals surface area contributed by atoms with Crippen LogP contribution in [0.4, 0.5) is 11.4 Å². The number of hydrogen-bond acceptors (Lipinski definition) is 7. The van der Waals surface area contributed by atoms with Gasteiger partial charge in [-0.1, -0.05) is 11.6 Å². The predicted octanol–water partition coefficient (Wildman–Crippen LogP) is 2.57. The minimum absolute atomic E-state index is 0.0852. The summed E-state index contributed by atoms with van der Waals surface area (Å²) in [7, 11) is 0. The van der Waals surface area contributed by atoms with Gasteiger partial charge in [-0.2, -0.15) is 0 Å². The molecule has 1 aliphatic heterocycles. The van der Waals surface area contributed by atoms with Crippen LogP contribution in [0.5, 0.6) is 0 Å². The molecule has 0 saturated carbocycles. The summed E-state index contributed by atoms with van der Waals surface area (Å²) in [5.41, 5.74) is -1.66. The van der Waals surface area contributed by atoms with Crippen LogP contribution in [0.15, 0.2) is 12.1 Å². The number of rotatable bonds is 5. The molecule has 0 spiro atoms. The first-order valence-electron chi connectivity index (χ1n) is 7.84. The highest BCUT2D eigenvalue weighted by Gasteiger charge is 2.33. The summed E-state index contributed by atoms with van der Waals surface area (Å²) in [4.78, 5) is 46.3. The number of carbonyl (C=O) groups is 2. The van der Waals surface area contributed by atoms with Gasteiger partial charge in [0.15, 0.2) is 5.02 Å². The molecule has 1 aromatic carbocycles. The Morgan fingerprint density at radius 3 is 2.35 bits per heavy atom. The molecular weight excluding hydrogens is 370 g/mol. The molecule has 0 aliphatic carbocycles. The van der Waals surface area contributed by atoms with Gasteiger partial charge < -0.3 is 9.64 Å². The number of nitrogens with zero attached hydrogens (tertiary/aromatic N) is 3. The molecule has 1 unspecified atom stereocenters. The third kappa shape index (κ3) is 4.07. The summed E-state index contributed by atoms with van der Waals surface area (Å²) >= 11 is 5.69. The Morgan fingerprint density at radius 1 is 1.27 bits per heavy atom. The third-order valence-corrected chi connectivity index (χ3v) is 4.39. The van der Waals surface area contributed by atoms with Crippen LogP contribution in [0.3, 0.4) is 0 Å². The Bertz CT molecular complexity index is 733. The van der Waals surface area contributed by atoms with Crippen LogP contribution in [0.25, 0.3) is 0 Å². The van der Waals surface area contributed by atoms with E-state index in [0.29, 0.717) is 19.4 Å². The number of halogens is 1. The molecule has 1 heterocycles. The Labute approximate surface area is 153 Å². The second-order valence-corrected chi connectivity index (χ2v) is 6.06. The highest BCUT2D eigenvalue weighted by atomic mass is 35.5. The van der Waals surface area contributed by atoms with E-state index in [1.54, 1.807) is 6.92 Å². The fourth-order valence-corrected chi connectivity index (χ4v) is 3.03. The second kappa shape index (κ2) is 8.09. The standard InChI is InChI=1S/C15H16ClN3O7/c1-2-26-15(21)9-4-3-5-17(8-9)14(20)10-6-11(18(22)23)13(16)12(7-10)19(24)25/h6-7,9H,2-5,8H2,1H3. The molecule has 0 N–H and O–H groups in total. The van der Waals surface area contributed by atoms with Crippen molar-refractivity contribution in [3.8, 4) is 0 Å². The summed E-state index contributed by atoms with van der Waals surface area (Å²) in [5, 5.41) is 21.5. The molecule has 1 aliphatic rings. The third-order valence-electron chi connectivity index (χ3n) is 4.00. The predicted molar refractivity (Wildman–Crippen MR) is 90.0 cm³/mol. The lowest BCUT2D eigenvalue weighted by Crippen LogP contribution is -2.42. The normalized spacial score (nSPS) is 16.8. The van der Waals surface area contributed by atoms with E-state index < -0.39 is 44.0 Å². The van der Waals surface area contributed by atoms with Gasteiger partial charge in [0.25, 0.3) is 17.3 Å². The SMILES string of the molecule is CCOC(=O)C1CCCN(C(=O)c2cc([N+](=O)[O-])c(Cl)c([N+](=O)[O-])c2)C1. The lowest BCUT2D eigenvalue weighted by Gasteiger charge is -2.31. The van der Waals surface area contributed by atoms with E-state index in [1.807, 2.05) is 0 Å². The molecule has 2 rings (SSSR count). The van der Waals surface area contributed by atoms with Crippen molar-refractivity contribution >= 4 is 34.9 Å². The van der Waals surface area contributed by atoms with E-state index in [2.05, 4.69) is 0 Å². The van der Waals surface area contributed by atoms with Crippen LogP contribution in [-0.2, 0) is 9.53 Å². The average molecular weight is 386 g/mol. The van der Waals surface area contributed by atoms with Crippen LogP contribution in [0, 0.1) is 26.1 Å². The maximum absolute atomic E-state index is 12.7. The van der Waals surface area contributed by atoms with Gasteiger partial charge in [0.05, 0.1) is 27.9 Å². The fraction of sp³-hybridized carbons (Fsp3) is 0.467. The smallest absolute Gasteiger partial charge is 0.310 e. The molecule has 0 radical (unpaired) electrons. The van der Waals surface area contributed by atoms with E-state index in [4.69, 9.17) is 16.3 Å². The zero-order valence-corrected chi connectivity index (χ0v) is 14.6. The average Bonchev–Trinajstić information content (AvgIpc) is 2.61. The Morgan fingerprint density at radius 2 is 1.85 bits per heavy atom. The van der Waals surface area contributed by atoms with E-state index >= 15 is 0 Å². The van der Waals surface area contributed by atoms with Gasteiger partial charge in [0, 0.05) is 25.2 Å². The lowest BCUT2D eigenvalue weighted by molar-refractivity contribution is -0.393. The van der Waals surface area contributed by atoms with Crippen molar-refractivity contribution < 1.29 is 24.2 Å². The number of nitro benzene ring substituents is 2. The number of benzene rings is 1. The molecule has 1 fully saturated rings. The van der Waals surface area contributed by atoms with Crippen molar-refractivity contribution in [3.63, 3.8) is 0 Å². The first kappa shape index (κ1) is 19.6. The number of hydrogen-bond donors (Lipinski definition) is 0. The van der Waals surface area contributed by atoms with Crippen molar-refractivity contribution in [1.82, 2.24) is 4.90 Å². The summed E-state index contributed by atoms with van der Waals surface area (Å²) in [6, 6.07) is 1.82. The van der Waals surface area contributed by atoms with E-state index in [1.165, 1.54) is 4.90 Å².